The van der Waals surface area contributed by atoms with Gasteiger partial charge in [-0.25, -0.2) is 4.79 Å². The summed E-state index contributed by atoms with van der Waals surface area (Å²) >= 11 is 0. The van der Waals surface area contributed by atoms with Crippen molar-refractivity contribution < 1.29 is 14.3 Å². The molecule has 1 atom stereocenters. The summed E-state index contributed by atoms with van der Waals surface area (Å²) < 4.78 is 11.1. The SMILES string of the molecule is COc1cc(C(C)NC(=O)NCc2ccccc2C)ccc1OC(C)C. The molecule has 2 N–H and O–H groups in total. The van der Waals surface area contributed by atoms with Crippen LogP contribution in [0, 0.1) is 6.92 Å². The summed E-state index contributed by atoms with van der Waals surface area (Å²) in [5.41, 5.74) is 3.21. The van der Waals surface area contributed by atoms with E-state index in [0.29, 0.717) is 18.0 Å². The highest BCUT2D eigenvalue weighted by molar-refractivity contribution is 5.74. The number of ether oxygens (including phenoxy) is 2. The number of nitrogens with one attached hydrogen (secondary N) is 2. The van der Waals surface area contributed by atoms with Gasteiger partial charge >= 0.3 is 6.03 Å². The van der Waals surface area contributed by atoms with Crippen LogP contribution in [0.1, 0.15) is 43.5 Å². The van der Waals surface area contributed by atoms with Gasteiger partial charge in [0.25, 0.3) is 0 Å². The quantitative estimate of drug-likeness (QED) is 0.775. The van der Waals surface area contributed by atoms with Crippen molar-refractivity contribution in [1.82, 2.24) is 10.6 Å². The van der Waals surface area contributed by atoms with E-state index in [1.54, 1.807) is 7.11 Å². The molecular weight excluding hydrogens is 328 g/mol. The Balaban J connectivity index is 1.97. The van der Waals surface area contributed by atoms with Crippen molar-refractivity contribution in [3.63, 3.8) is 0 Å². The van der Waals surface area contributed by atoms with E-state index >= 15 is 0 Å². The van der Waals surface area contributed by atoms with Gasteiger partial charge in [0.2, 0.25) is 0 Å². The van der Waals surface area contributed by atoms with Gasteiger partial charge in [0.05, 0.1) is 19.3 Å². The summed E-state index contributed by atoms with van der Waals surface area (Å²) in [5.74, 6) is 1.35. The molecule has 0 saturated carbocycles. The molecule has 2 aromatic carbocycles. The first-order valence-corrected chi connectivity index (χ1v) is 8.84. The Morgan fingerprint density at radius 2 is 1.81 bits per heavy atom. The number of carbonyl (C=O) groups is 1. The summed E-state index contributed by atoms with van der Waals surface area (Å²) in [4.78, 5) is 12.2. The Bertz CT molecular complexity index is 744. The molecule has 0 fully saturated rings. The van der Waals surface area contributed by atoms with E-state index < -0.39 is 0 Å². The normalized spacial score (nSPS) is 11.8. The summed E-state index contributed by atoms with van der Waals surface area (Å²) in [6.45, 7) is 8.40. The maximum Gasteiger partial charge on any atom is 0.315 e. The lowest BCUT2D eigenvalue weighted by atomic mass is 10.1. The fourth-order valence-electron chi connectivity index (χ4n) is 2.62. The number of methoxy groups -OCH3 is 1. The molecule has 0 spiro atoms. The maximum atomic E-state index is 12.2. The number of hydrogen-bond donors (Lipinski definition) is 2. The molecule has 0 aliphatic heterocycles. The van der Waals surface area contributed by atoms with Crippen LogP contribution in [0.25, 0.3) is 0 Å². The Hall–Kier alpha value is -2.69. The van der Waals surface area contributed by atoms with Gasteiger partial charge < -0.3 is 20.1 Å². The molecule has 0 heterocycles. The first-order valence-electron chi connectivity index (χ1n) is 8.84. The first kappa shape index (κ1) is 19.6. The van der Waals surface area contributed by atoms with Crippen molar-refractivity contribution >= 4 is 6.03 Å². The van der Waals surface area contributed by atoms with Gasteiger partial charge in [-0.2, -0.15) is 0 Å². The molecule has 0 bridgehead atoms. The second-order valence-corrected chi connectivity index (χ2v) is 6.55. The van der Waals surface area contributed by atoms with Gasteiger partial charge in [-0.3, -0.25) is 0 Å². The average molecular weight is 356 g/mol. The van der Waals surface area contributed by atoms with Gasteiger partial charge in [-0.1, -0.05) is 30.3 Å². The summed E-state index contributed by atoms with van der Waals surface area (Å²) in [6, 6.07) is 13.3. The fourth-order valence-corrected chi connectivity index (χ4v) is 2.62. The Labute approximate surface area is 155 Å². The van der Waals surface area contributed by atoms with Gasteiger partial charge in [0.15, 0.2) is 11.5 Å². The predicted molar refractivity (Wildman–Crippen MR) is 104 cm³/mol. The van der Waals surface area contributed by atoms with E-state index in [9.17, 15) is 4.79 Å². The van der Waals surface area contributed by atoms with Crippen molar-refractivity contribution in [1.29, 1.82) is 0 Å². The zero-order valence-electron chi connectivity index (χ0n) is 16.1. The third kappa shape index (κ3) is 5.41. The zero-order valence-corrected chi connectivity index (χ0v) is 16.1. The minimum absolute atomic E-state index is 0.0671. The van der Waals surface area contributed by atoms with Gasteiger partial charge in [0.1, 0.15) is 0 Å². The molecule has 0 aliphatic carbocycles. The maximum absolute atomic E-state index is 12.2. The minimum Gasteiger partial charge on any atom is -0.493 e. The zero-order chi connectivity index (χ0) is 19.1. The second kappa shape index (κ2) is 9.13. The lowest BCUT2D eigenvalue weighted by Gasteiger charge is -2.18. The highest BCUT2D eigenvalue weighted by atomic mass is 16.5. The molecule has 5 nitrogen and oxygen atoms in total. The standard InChI is InChI=1S/C21H28N2O3/c1-14(2)26-19-11-10-17(12-20(19)25-5)16(4)23-21(24)22-13-18-9-7-6-8-15(18)3/h6-12,14,16H,13H2,1-5H3,(H2,22,23,24). The molecule has 140 valence electrons. The number of rotatable bonds is 7. The molecule has 2 rings (SSSR count). The lowest BCUT2D eigenvalue weighted by Crippen LogP contribution is -2.36. The van der Waals surface area contributed by atoms with Crippen molar-refractivity contribution in [2.75, 3.05) is 7.11 Å². The third-order valence-corrected chi connectivity index (χ3v) is 4.10. The van der Waals surface area contributed by atoms with E-state index in [0.717, 1.165) is 16.7 Å². The van der Waals surface area contributed by atoms with E-state index in [2.05, 4.69) is 10.6 Å². The van der Waals surface area contributed by atoms with Crippen molar-refractivity contribution in [2.45, 2.75) is 46.4 Å². The fraction of sp³-hybridized carbons (Fsp3) is 0.381. The van der Waals surface area contributed by atoms with Crippen LogP contribution in [0.15, 0.2) is 42.5 Å². The summed E-state index contributed by atoms with van der Waals surface area (Å²) in [6.07, 6.45) is 0.0671. The van der Waals surface area contributed by atoms with Crippen molar-refractivity contribution in [3.8, 4) is 11.5 Å². The predicted octanol–water partition coefficient (Wildman–Crippen LogP) is 4.35. The summed E-state index contributed by atoms with van der Waals surface area (Å²) in [7, 11) is 1.61. The third-order valence-electron chi connectivity index (χ3n) is 4.10. The number of hydrogen-bond acceptors (Lipinski definition) is 3. The Kier molecular flexibility index (Phi) is 6.89. The van der Waals surface area contributed by atoms with Crippen LogP contribution < -0.4 is 20.1 Å². The Morgan fingerprint density at radius 3 is 2.46 bits per heavy atom. The van der Waals surface area contributed by atoms with E-state index in [1.165, 1.54) is 0 Å². The van der Waals surface area contributed by atoms with E-state index in [-0.39, 0.29) is 18.2 Å². The largest absolute Gasteiger partial charge is 0.493 e. The number of benzene rings is 2. The number of aryl methyl sites for hydroxylation is 1. The Morgan fingerprint density at radius 1 is 1.08 bits per heavy atom. The number of urea groups is 1. The highest BCUT2D eigenvalue weighted by Crippen LogP contribution is 2.31. The smallest absolute Gasteiger partial charge is 0.315 e. The van der Waals surface area contributed by atoms with Crippen LogP contribution in [-0.2, 0) is 6.54 Å². The van der Waals surface area contributed by atoms with Crippen LogP contribution >= 0.6 is 0 Å². The van der Waals surface area contributed by atoms with Gasteiger partial charge in [0, 0.05) is 6.54 Å². The van der Waals surface area contributed by atoms with Crippen LogP contribution in [0.5, 0.6) is 11.5 Å². The molecule has 2 aromatic rings. The number of carbonyl (C=O) groups excluding carboxylic acids is 1. The highest BCUT2D eigenvalue weighted by Gasteiger charge is 2.13. The van der Waals surface area contributed by atoms with Crippen molar-refractivity contribution in [2.24, 2.45) is 0 Å². The first-order chi connectivity index (χ1) is 12.4. The monoisotopic (exact) mass is 356 g/mol. The van der Waals surface area contributed by atoms with Crippen molar-refractivity contribution in [3.05, 3.63) is 59.2 Å². The molecule has 1 unspecified atom stereocenters. The van der Waals surface area contributed by atoms with Crippen LogP contribution in [-0.4, -0.2) is 19.2 Å². The molecule has 0 saturated heterocycles. The van der Waals surface area contributed by atoms with Gasteiger partial charge in [-0.05, 0) is 56.5 Å². The van der Waals surface area contributed by atoms with E-state index in [1.807, 2.05) is 70.2 Å². The summed E-state index contributed by atoms with van der Waals surface area (Å²) in [5, 5.41) is 5.85. The molecule has 26 heavy (non-hydrogen) atoms. The topological polar surface area (TPSA) is 59.6 Å². The molecule has 0 aliphatic rings. The van der Waals surface area contributed by atoms with Crippen LogP contribution in [0.2, 0.25) is 0 Å². The second-order valence-electron chi connectivity index (χ2n) is 6.55. The molecular formula is C21H28N2O3. The van der Waals surface area contributed by atoms with Crippen LogP contribution in [0.4, 0.5) is 4.79 Å². The van der Waals surface area contributed by atoms with Crippen LogP contribution in [0.3, 0.4) is 0 Å². The van der Waals surface area contributed by atoms with E-state index in [4.69, 9.17) is 9.47 Å². The molecule has 2 amide bonds. The number of amides is 2. The average Bonchev–Trinajstić information content (AvgIpc) is 2.60. The molecule has 5 heteroatoms. The minimum atomic E-state index is -0.206. The molecule has 0 radical (unpaired) electrons. The lowest BCUT2D eigenvalue weighted by molar-refractivity contribution is 0.230. The van der Waals surface area contributed by atoms with Gasteiger partial charge in [-0.15, -0.1) is 0 Å². The molecule has 0 aromatic heterocycles.